The number of nitrogens with zero attached hydrogens (tertiary/aromatic N) is 2. The van der Waals surface area contributed by atoms with Gasteiger partial charge in [0.1, 0.15) is 11.3 Å². The minimum Gasteiger partial charge on any atom is -0.493 e. The van der Waals surface area contributed by atoms with Crippen LogP contribution in [-0.4, -0.2) is 35.9 Å². The van der Waals surface area contributed by atoms with Crippen LogP contribution in [0.3, 0.4) is 0 Å². The number of ether oxygens (including phenoxy) is 1. The van der Waals surface area contributed by atoms with E-state index < -0.39 is 22.0 Å². The molecule has 1 aliphatic rings. The van der Waals surface area contributed by atoms with Crippen LogP contribution < -0.4 is 9.46 Å². The number of hydrogen-bond acceptors (Lipinski definition) is 5. The lowest BCUT2D eigenvalue weighted by Crippen LogP contribution is -2.34. The van der Waals surface area contributed by atoms with Crippen molar-refractivity contribution in [1.82, 2.24) is 14.5 Å². The van der Waals surface area contributed by atoms with Crippen molar-refractivity contribution in [3.05, 3.63) is 41.6 Å². The van der Waals surface area contributed by atoms with Crippen LogP contribution in [0.15, 0.2) is 35.5 Å². The molecule has 0 saturated carbocycles. The Bertz CT molecular complexity index is 859. The first kappa shape index (κ1) is 15.5. The SMILES string of the molecule is Cn1ncc(C(=O)O)c1S(=O)(=O)NC1CCOc2ccccc21. The fourth-order valence-electron chi connectivity index (χ4n) is 2.60. The molecule has 0 radical (unpaired) electrons. The van der Waals surface area contributed by atoms with Gasteiger partial charge in [0.15, 0.2) is 5.03 Å². The molecule has 0 aliphatic carbocycles. The predicted molar refractivity (Wildman–Crippen MR) is 79.8 cm³/mol. The lowest BCUT2D eigenvalue weighted by molar-refractivity contribution is 0.0692. The summed E-state index contributed by atoms with van der Waals surface area (Å²) >= 11 is 0. The highest BCUT2D eigenvalue weighted by molar-refractivity contribution is 7.89. The number of carbonyl (C=O) groups is 1. The van der Waals surface area contributed by atoms with Gasteiger partial charge in [-0.1, -0.05) is 18.2 Å². The Morgan fingerprint density at radius 1 is 1.43 bits per heavy atom. The number of carboxylic acids is 1. The summed E-state index contributed by atoms with van der Waals surface area (Å²) in [6, 6.07) is 6.66. The van der Waals surface area contributed by atoms with Gasteiger partial charge >= 0.3 is 5.97 Å². The van der Waals surface area contributed by atoms with Gasteiger partial charge in [0.2, 0.25) is 0 Å². The number of aromatic carboxylic acids is 1. The summed E-state index contributed by atoms with van der Waals surface area (Å²) in [5.41, 5.74) is 0.363. The second kappa shape index (κ2) is 5.67. The Balaban J connectivity index is 1.98. The van der Waals surface area contributed by atoms with Gasteiger partial charge in [-0.25, -0.2) is 17.9 Å². The number of rotatable bonds is 4. The largest absolute Gasteiger partial charge is 0.493 e. The van der Waals surface area contributed by atoms with Gasteiger partial charge in [-0.3, -0.25) is 4.68 Å². The number of benzene rings is 1. The molecule has 1 aliphatic heterocycles. The summed E-state index contributed by atoms with van der Waals surface area (Å²) in [5.74, 6) is -0.722. The van der Waals surface area contributed by atoms with Gasteiger partial charge in [0.05, 0.1) is 18.8 Å². The first-order valence-electron chi connectivity index (χ1n) is 6.89. The van der Waals surface area contributed by atoms with Crippen LogP contribution in [0.4, 0.5) is 0 Å². The Morgan fingerprint density at radius 2 is 2.17 bits per heavy atom. The molecule has 0 fully saturated rings. The van der Waals surface area contributed by atoms with E-state index in [0.717, 1.165) is 16.4 Å². The Morgan fingerprint density at radius 3 is 2.91 bits per heavy atom. The predicted octanol–water partition coefficient (Wildman–Crippen LogP) is 0.920. The van der Waals surface area contributed by atoms with E-state index in [0.29, 0.717) is 18.8 Å². The zero-order valence-electron chi connectivity index (χ0n) is 12.3. The number of sulfonamides is 1. The van der Waals surface area contributed by atoms with Crippen LogP contribution >= 0.6 is 0 Å². The molecule has 8 nitrogen and oxygen atoms in total. The van der Waals surface area contributed by atoms with Crippen LogP contribution in [0.5, 0.6) is 5.75 Å². The molecule has 122 valence electrons. The van der Waals surface area contributed by atoms with Gasteiger partial charge in [-0.15, -0.1) is 0 Å². The summed E-state index contributed by atoms with van der Waals surface area (Å²) < 4.78 is 34.4. The number of nitrogens with one attached hydrogen (secondary N) is 1. The van der Waals surface area contributed by atoms with Crippen LogP contribution in [-0.2, 0) is 17.1 Å². The minimum atomic E-state index is -4.05. The molecule has 1 atom stereocenters. The number of hydrogen-bond donors (Lipinski definition) is 2. The molecular formula is C14H15N3O5S. The molecule has 0 amide bonds. The normalized spacial score (nSPS) is 17.3. The van der Waals surface area contributed by atoms with Crippen molar-refractivity contribution in [3.8, 4) is 5.75 Å². The van der Waals surface area contributed by atoms with E-state index >= 15 is 0 Å². The van der Waals surface area contributed by atoms with Crippen molar-refractivity contribution in [2.24, 2.45) is 7.05 Å². The standard InChI is InChI=1S/C14H15N3O5S/c1-17-13(10(8-15-17)14(18)19)23(20,21)16-11-6-7-22-12-5-3-2-4-9(11)12/h2-5,8,11,16H,6-7H2,1H3,(H,18,19). The van der Waals surface area contributed by atoms with Crippen molar-refractivity contribution in [3.63, 3.8) is 0 Å². The Labute approximate surface area is 132 Å². The van der Waals surface area contributed by atoms with Crippen LogP contribution in [0.2, 0.25) is 0 Å². The van der Waals surface area contributed by atoms with E-state index in [1.807, 2.05) is 0 Å². The number of aryl methyl sites for hydroxylation is 1. The number of aromatic nitrogens is 2. The van der Waals surface area contributed by atoms with Crippen molar-refractivity contribution in [2.45, 2.75) is 17.5 Å². The third-order valence-corrected chi connectivity index (χ3v) is 5.21. The second-order valence-electron chi connectivity index (χ2n) is 5.14. The fraction of sp³-hybridized carbons (Fsp3) is 0.286. The number of para-hydroxylation sites is 1. The number of carboxylic acid groups (broad SMARTS) is 1. The topological polar surface area (TPSA) is 111 Å². The molecule has 1 aromatic carbocycles. The molecule has 9 heteroatoms. The summed E-state index contributed by atoms with van der Waals surface area (Å²) in [6.45, 7) is 0.376. The zero-order valence-corrected chi connectivity index (χ0v) is 13.1. The summed E-state index contributed by atoms with van der Waals surface area (Å²) in [5, 5.41) is 12.5. The van der Waals surface area contributed by atoms with Crippen molar-refractivity contribution in [2.75, 3.05) is 6.61 Å². The van der Waals surface area contributed by atoms with E-state index in [2.05, 4.69) is 9.82 Å². The van der Waals surface area contributed by atoms with Crippen molar-refractivity contribution >= 4 is 16.0 Å². The third-order valence-electron chi connectivity index (χ3n) is 3.63. The van der Waals surface area contributed by atoms with Crippen LogP contribution in [0.1, 0.15) is 28.4 Å². The zero-order chi connectivity index (χ0) is 16.6. The van der Waals surface area contributed by atoms with Gasteiger partial charge in [0.25, 0.3) is 10.0 Å². The summed E-state index contributed by atoms with van der Waals surface area (Å²) in [4.78, 5) is 11.2. The van der Waals surface area contributed by atoms with E-state index in [4.69, 9.17) is 9.84 Å². The monoisotopic (exact) mass is 337 g/mol. The average Bonchev–Trinajstić information content (AvgIpc) is 2.90. The van der Waals surface area contributed by atoms with Crippen LogP contribution in [0.25, 0.3) is 0 Å². The maximum atomic E-state index is 12.6. The summed E-state index contributed by atoms with van der Waals surface area (Å²) in [6.07, 6.45) is 1.48. The maximum absolute atomic E-state index is 12.6. The van der Waals surface area contributed by atoms with Gasteiger partial charge in [0, 0.05) is 19.0 Å². The molecule has 2 N–H and O–H groups in total. The van der Waals surface area contributed by atoms with E-state index in [-0.39, 0.29) is 10.6 Å². The molecule has 1 aromatic heterocycles. The lowest BCUT2D eigenvalue weighted by atomic mass is 10.0. The Hall–Kier alpha value is -2.39. The molecule has 3 rings (SSSR count). The molecule has 2 aromatic rings. The highest BCUT2D eigenvalue weighted by Gasteiger charge is 2.32. The third kappa shape index (κ3) is 2.80. The maximum Gasteiger partial charge on any atom is 0.340 e. The quantitative estimate of drug-likeness (QED) is 0.858. The minimum absolute atomic E-state index is 0.361. The van der Waals surface area contributed by atoms with E-state index in [9.17, 15) is 13.2 Å². The first-order chi connectivity index (χ1) is 10.9. The number of fused-ring (bicyclic) bond motifs is 1. The van der Waals surface area contributed by atoms with Crippen LogP contribution in [0, 0.1) is 0 Å². The highest BCUT2D eigenvalue weighted by atomic mass is 32.2. The second-order valence-corrected chi connectivity index (χ2v) is 6.77. The van der Waals surface area contributed by atoms with Gasteiger partial charge in [-0.2, -0.15) is 5.10 Å². The van der Waals surface area contributed by atoms with E-state index in [1.54, 1.807) is 24.3 Å². The molecule has 1 unspecified atom stereocenters. The first-order valence-corrected chi connectivity index (χ1v) is 8.38. The Kier molecular flexibility index (Phi) is 3.82. The van der Waals surface area contributed by atoms with Gasteiger partial charge < -0.3 is 9.84 Å². The van der Waals surface area contributed by atoms with Crippen molar-refractivity contribution in [1.29, 1.82) is 0 Å². The molecule has 0 spiro atoms. The molecular weight excluding hydrogens is 322 g/mol. The molecule has 23 heavy (non-hydrogen) atoms. The van der Waals surface area contributed by atoms with Gasteiger partial charge in [-0.05, 0) is 6.07 Å². The molecule has 2 heterocycles. The average molecular weight is 337 g/mol. The molecule has 0 bridgehead atoms. The summed E-state index contributed by atoms with van der Waals surface area (Å²) in [7, 11) is -2.66. The lowest BCUT2D eigenvalue weighted by Gasteiger charge is -2.26. The van der Waals surface area contributed by atoms with Crippen molar-refractivity contribution < 1.29 is 23.1 Å². The fourth-order valence-corrected chi connectivity index (χ4v) is 4.15. The highest BCUT2D eigenvalue weighted by Crippen LogP contribution is 2.32. The van der Waals surface area contributed by atoms with E-state index in [1.165, 1.54) is 7.05 Å². The molecule has 0 saturated heterocycles. The smallest absolute Gasteiger partial charge is 0.340 e.